The number of guanidine groups is 1. The van der Waals surface area contributed by atoms with Gasteiger partial charge >= 0.3 is 0 Å². The number of rotatable bonds is 7. The van der Waals surface area contributed by atoms with E-state index in [4.69, 9.17) is 0 Å². The lowest BCUT2D eigenvalue weighted by atomic mass is 9.91. The molecule has 1 heterocycles. The van der Waals surface area contributed by atoms with Crippen molar-refractivity contribution in [1.29, 1.82) is 0 Å². The fraction of sp³-hybridized carbons (Fsp3) is 0.250. The van der Waals surface area contributed by atoms with Crippen molar-refractivity contribution in [3.63, 3.8) is 0 Å². The average molecular weight is 515 g/mol. The molecule has 0 fully saturated rings. The van der Waals surface area contributed by atoms with Crippen LogP contribution in [0.5, 0.6) is 0 Å². The van der Waals surface area contributed by atoms with Gasteiger partial charge in [0, 0.05) is 33.6 Å². The van der Waals surface area contributed by atoms with Crippen LogP contribution in [0.25, 0.3) is 0 Å². The number of nitrogens with one attached hydrogen (secondary N) is 2. The molecule has 0 spiro atoms. The summed E-state index contributed by atoms with van der Waals surface area (Å²) in [4.78, 5) is 11.0. The van der Waals surface area contributed by atoms with Crippen LogP contribution in [0.3, 0.4) is 0 Å². The summed E-state index contributed by atoms with van der Waals surface area (Å²) in [5.74, 6) is 1.95. The minimum absolute atomic E-state index is 0. The van der Waals surface area contributed by atoms with Gasteiger partial charge in [-0.3, -0.25) is 4.99 Å². The first-order valence-electron chi connectivity index (χ1n) is 9.85. The number of benzene rings is 2. The maximum atomic E-state index is 4.65. The Hall–Kier alpha value is -2.61. The fourth-order valence-electron chi connectivity index (χ4n) is 3.21. The molecule has 0 saturated heterocycles. The summed E-state index contributed by atoms with van der Waals surface area (Å²) < 4.78 is 0. The molecule has 158 valence electrons. The number of hydrogen-bond acceptors (Lipinski definition) is 3. The van der Waals surface area contributed by atoms with Crippen molar-refractivity contribution in [3.05, 3.63) is 95.7 Å². The van der Waals surface area contributed by atoms with Crippen molar-refractivity contribution in [2.24, 2.45) is 4.99 Å². The molecule has 30 heavy (non-hydrogen) atoms. The van der Waals surface area contributed by atoms with Crippen molar-refractivity contribution in [1.82, 2.24) is 15.6 Å². The van der Waals surface area contributed by atoms with Gasteiger partial charge in [0.1, 0.15) is 5.82 Å². The zero-order chi connectivity index (χ0) is 20.5. The molecule has 0 radical (unpaired) electrons. The van der Waals surface area contributed by atoms with Gasteiger partial charge in [0.2, 0.25) is 0 Å². The third-order valence-electron chi connectivity index (χ3n) is 4.79. The number of hydrogen-bond donors (Lipinski definition) is 2. The Kier molecular flexibility index (Phi) is 9.60. The van der Waals surface area contributed by atoms with Gasteiger partial charge in [-0.05, 0) is 23.3 Å². The van der Waals surface area contributed by atoms with Crippen molar-refractivity contribution in [2.45, 2.75) is 12.5 Å². The summed E-state index contributed by atoms with van der Waals surface area (Å²) in [6, 6.07) is 27.2. The first kappa shape index (κ1) is 23.7. The predicted octanol–water partition coefficient (Wildman–Crippen LogP) is 4.26. The van der Waals surface area contributed by atoms with Crippen LogP contribution in [0.4, 0.5) is 5.82 Å². The molecule has 2 aromatic carbocycles. The minimum Gasteiger partial charge on any atom is -0.363 e. The van der Waals surface area contributed by atoms with Crippen LogP contribution < -0.4 is 15.5 Å². The lowest BCUT2D eigenvalue weighted by Gasteiger charge is -2.20. The molecule has 0 aliphatic rings. The SMILES string of the molecule is CN=C(NCc1cccc(N(C)C)n1)NCC(c1ccccc1)c1ccccc1.I. The van der Waals surface area contributed by atoms with Gasteiger partial charge in [0.25, 0.3) is 0 Å². The smallest absolute Gasteiger partial charge is 0.191 e. The minimum atomic E-state index is 0. The Balaban J connectivity index is 0.00000320. The van der Waals surface area contributed by atoms with Gasteiger partial charge in [-0.1, -0.05) is 66.7 Å². The van der Waals surface area contributed by atoms with Gasteiger partial charge in [0.15, 0.2) is 5.96 Å². The Morgan fingerprint density at radius 1 is 0.867 bits per heavy atom. The van der Waals surface area contributed by atoms with E-state index < -0.39 is 0 Å². The molecule has 2 N–H and O–H groups in total. The molecule has 3 rings (SSSR count). The van der Waals surface area contributed by atoms with Gasteiger partial charge in [-0.2, -0.15) is 0 Å². The molecule has 0 unspecified atom stereocenters. The van der Waals surface area contributed by atoms with E-state index in [0.717, 1.165) is 24.0 Å². The zero-order valence-corrected chi connectivity index (χ0v) is 20.1. The highest BCUT2D eigenvalue weighted by molar-refractivity contribution is 14.0. The zero-order valence-electron chi connectivity index (χ0n) is 17.7. The Morgan fingerprint density at radius 2 is 1.47 bits per heavy atom. The number of halogens is 1. The quantitative estimate of drug-likeness (QED) is 0.281. The highest BCUT2D eigenvalue weighted by Gasteiger charge is 2.14. The van der Waals surface area contributed by atoms with E-state index in [1.165, 1.54) is 11.1 Å². The van der Waals surface area contributed by atoms with Gasteiger partial charge in [0.05, 0.1) is 12.2 Å². The third kappa shape index (κ3) is 6.73. The third-order valence-corrected chi connectivity index (χ3v) is 4.79. The molecular formula is C24H30IN5. The Labute approximate surface area is 196 Å². The molecule has 0 saturated carbocycles. The first-order valence-corrected chi connectivity index (χ1v) is 9.85. The summed E-state index contributed by atoms with van der Waals surface area (Å²) in [5, 5.41) is 6.84. The van der Waals surface area contributed by atoms with Crippen LogP contribution in [0.15, 0.2) is 83.9 Å². The Morgan fingerprint density at radius 3 is 2.00 bits per heavy atom. The second kappa shape index (κ2) is 12.2. The maximum absolute atomic E-state index is 4.65. The molecule has 0 bridgehead atoms. The van der Waals surface area contributed by atoms with E-state index in [2.05, 4.69) is 69.1 Å². The molecule has 0 amide bonds. The topological polar surface area (TPSA) is 52.6 Å². The fourth-order valence-corrected chi connectivity index (χ4v) is 3.21. The van der Waals surface area contributed by atoms with E-state index in [-0.39, 0.29) is 29.9 Å². The van der Waals surface area contributed by atoms with Crippen LogP contribution in [0, 0.1) is 0 Å². The lowest BCUT2D eigenvalue weighted by molar-refractivity contribution is 0.724. The molecule has 5 nitrogen and oxygen atoms in total. The van der Waals surface area contributed by atoms with Gasteiger partial charge < -0.3 is 15.5 Å². The van der Waals surface area contributed by atoms with E-state index in [1.807, 2.05) is 49.3 Å². The highest BCUT2D eigenvalue weighted by Crippen LogP contribution is 2.23. The van der Waals surface area contributed by atoms with Crippen molar-refractivity contribution >= 4 is 35.8 Å². The van der Waals surface area contributed by atoms with Crippen molar-refractivity contribution < 1.29 is 0 Å². The number of anilines is 1. The van der Waals surface area contributed by atoms with Crippen LogP contribution in [0.1, 0.15) is 22.7 Å². The van der Waals surface area contributed by atoms with Crippen molar-refractivity contribution in [2.75, 3.05) is 32.6 Å². The summed E-state index contributed by atoms with van der Waals surface area (Å²) in [6.45, 7) is 1.36. The molecule has 3 aromatic rings. The predicted molar refractivity (Wildman–Crippen MR) is 137 cm³/mol. The van der Waals surface area contributed by atoms with E-state index in [1.54, 1.807) is 7.05 Å². The normalized spacial score (nSPS) is 11.0. The highest BCUT2D eigenvalue weighted by atomic mass is 127. The second-order valence-electron chi connectivity index (χ2n) is 7.06. The van der Waals surface area contributed by atoms with E-state index in [9.17, 15) is 0 Å². The average Bonchev–Trinajstić information content (AvgIpc) is 2.77. The number of pyridine rings is 1. The van der Waals surface area contributed by atoms with Crippen LogP contribution in [-0.2, 0) is 6.54 Å². The van der Waals surface area contributed by atoms with Crippen LogP contribution >= 0.6 is 24.0 Å². The lowest BCUT2D eigenvalue weighted by Crippen LogP contribution is -2.39. The summed E-state index contributed by atoms with van der Waals surface area (Å²) in [7, 11) is 5.78. The Bertz CT molecular complexity index is 874. The van der Waals surface area contributed by atoms with Crippen molar-refractivity contribution in [3.8, 4) is 0 Å². The van der Waals surface area contributed by atoms with Crippen LogP contribution in [0.2, 0.25) is 0 Å². The van der Waals surface area contributed by atoms with Crippen LogP contribution in [-0.4, -0.2) is 38.6 Å². The number of nitrogens with zero attached hydrogens (tertiary/aromatic N) is 3. The van der Waals surface area contributed by atoms with E-state index >= 15 is 0 Å². The summed E-state index contributed by atoms with van der Waals surface area (Å²) >= 11 is 0. The molecule has 0 aliphatic heterocycles. The molecule has 1 aromatic heterocycles. The van der Waals surface area contributed by atoms with Gasteiger partial charge in [-0.15, -0.1) is 24.0 Å². The largest absolute Gasteiger partial charge is 0.363 e. The number of aromatic nitrogens is 1. The first-order chi connectivity index (χ1) is 14.2. The summed E-state index contributed by atoms with van der Waals surface area (Å²) in [6.07, 6.45) is 0. The monoisotopic (exact) mass is 515 g/mol. The molecule has 0 atom stereocenters. The standard InChI is InChI=1S/C24H29N5.HI/c1-25-24(26-17-21-15-10-16-23(28-21)29(2)3)27-18-22(19-11-6-4-7-12-19)20-13-8-5-9-14-20;/h4-16,22H,17-18H2,1-3H3,(H2,25,26,27);1H. The van der Waals surface area contributed by atoms with E-state index in [0.29, 0.717) is 6.54 Å². The number of aliphatic imine (C=N–C) groups is 1. The van der Waals surface area contributed by atoms with Gasteiger partial charge in [-0.25, -0.2) is 4.98 Å². The summed E-state index contributed by atoms with van der Waals surface area (Å²) in [5.41, 5.74) is 3.53. The maximum Gasteiger partial charge on any atom is 0.191 e. The molecule has 0 aliphatic carbocycles. The molecular weight excluding hydrogens is 485 g/mol. The second-order valence-corrected chi connectivity index (χ2v) is 7.06. The molecule has 6 heteroatoms.